The van der Waals surface area contributed by atoms with Gasteiger partial charge in [0.2, 0.25) is 0 Å². The molecule has 0 fully saturated rings. The van der Waals surface area contributed by atoms with E-state index in [1.165, 1.54) is 17.7 Å². The summed E-state index contributed by atoms with van der Waals surface area (Å²) in [5, 5.41) is 0. The number of ether oxygens (including phenoxy) is 1. The third kappa shape index (κ3) is 3.81. The lowest BCUT2D eigenvalue weighted by Gasteiger charge is -2.16. The summed E-state index contributed by atoms with van der Waals surface area (Å²) in [7, 11) is 0. The summed E-state index contributed by atoms with van der Waals surface area (Å²) >= 11 is 5.40. The van der Waals surface area contributed by atoms with Gasteiger partial charge in [0.1, 0.15) is 12.4 Å². The molecule has 1 rings (SSSR count). The second-order valence-electron chi connectivity index (χ2n) is 3.39. The van der Waals surface area contributed by atoms with Crippen molar-refractivity contribution in [1.29, 1.82) is 0 Å². The molecule has 0 radical (unpaired) electrons. The molecule has 0 heterocycles. The zero-order chi connectivity index (χ0) is 12.2. The van der Waals surface area contributed by atoms with Crippen molar-refractivity contribution in [2.24, 2.45) is 0 Å². The summed E-state index contributed by atoms with van der Waals surface area (Å²) < 4.78 is 42.4. The zero-order valence-corrected chi connectivity index (χ0v) is 9.35. The Labute approximate surface area is 96.9 Å². The molecule has 0 aliphatic rings. The van der Waals surface area contributed by atoms with Crippen molar-refractivity contribution in [2.75, 3.05) is 6.61 Å². The molecule has 0 amide bonds. The molecule has 1 nitrogen and oxygen atoms in total. The van der Waals surface area contributed by atoms with Gasteiger partial charge in [0.05, 0.1) is 0 Å². The van der Waals surface area contributed by atoms with Crippen LogP contribution in [0.2, 0.25) is 0 Å². The summed E-state index contributed by atoms with van der Waals surface area (Å²) in [6.07, 6.45) is 0. The van der Waals surface area contributed by atoms with E-state index < -0.39 is 12.4 Å². The van der Waals surface area contributed by atoms with Gasteiger partial charge in [0.25, 0.3) is 0 Å². The fourth-order valence-electron chi connectivity index (χ4n) is 1.04. The van der Waals surface area contributed by atoms with Crippen LogP contribution in [-0.2, 0) is 0 Å². The number of hydrogen-bond donors (Lipinski definition) is 0. The fourth-order valence-corrected chi connectivity index (χ4v) is 1.10. The van der Waals surface area contributed by atoms with Crippen LogP contribution in [-0.4, -0.2) is 13.6 Å². The van der Waals surface area contributed by atoms with E-state index in [0.29, 0.717) is 0 Å². The molecule has 1 aromatic carbocycles. The van der Waals surface area contributed by atoms with E-state index in [1.54, 1.807) is 6.92 Å². The third-order valence-corrected chi connectivity index (χ3v) is 2.26. The number of benzene rings is 1. The predicted octanol–water partition coefficient (Wildman–Crippen LogP) is 3.26. The van der Waals surface area contributed by atoms with E-state index in [9.17, 15) is 12.9 Å². The molecule has 0 atom stereocenters. The maximum atomic E-state index is 12.4. The van der Waals surface area contributed by atoms with Crippen LogP contribution in [0.25, 0.3) is 0 Å². The summed E-state index contributed by atoms with van der Waals surface area (Å²) in [6, 6.07) is 4.81. The Hall–Kier alpha value is -1.10. The van der Waals surface area contributed by atoms with Gasteiger partial charge < -0.3 is 17.7 Å². The van der Waals surface area contributed by atoms with E-state index in [-0.39, 0.29) is 12.4 Å². The molecule has 1 aromatic rings. The average Bonchev–Trinajstić information content (AvgIpc) is 2.25. The number of halogens is 4. The first kappa shape index (κ1) is 13.0. The molecule has 6 heteroatoms. The largest absolute Gasteiger partial charge is 0.509 e. The molecular weight excluding hydrogens is 239 g/mol. The normalized spacial score (nSPS) is 12.7. The Morgan fingerprint density at radius 2 is 2.12 bits per heavy atom. The highest BCUT2D eigenvalue weighted by Gasteiger charge is 2.25. The van der Waals surface area contributed by atoms with Gasteiger partial charge in [-0.3, -0.25) is 0 Å². The van der Waals surface area contributed by atoms with E-state index in [2.05, 4.69) is 0 Å². The molecule has 0 saturated carbocycles. The first-order valence-electron chi connectivity index (χ1n) is 4.62. The Morgan fingerprint density at radius 3 is 2.69 bits per heavy atom. The van der Waals surface area contributed by atoms with E-state index >= 15 is 0 Å². The second kappa shape index (κ2) is 5.30. The van der Waals surface area contributed by atoms with Crippen LogP contribution >= 0.6 is 11.6 Å². The van der Waals surface area contributed by atoms with Crippen LogP contribution in [0.1, 0.15) is 6.92 Å². The number of rotatable bonds is 4. The third-order valence-electron chi connectivity index (χ3n) is 1.89. The van der Waals surface area contributed by atoms with Gasteiger partial charge in [-0.1, -0.05) is 23.7 Å². The molecule has 0 bridgehead atoms. The SMILES string of the molecule is C/C(=C/Cl)COc1cccc([B-](F)(F)F)c1. The Kier molecular flexibility index (Phi) is 4.30. The van der Waals surface area contributed by atoms with Crippen molar-refractivity contribution >= 4 is 24.0 Å². The molecule has 0 aliphatic heterocycles. The second-order valence-corrected chi connectivity index (χ2v) is 3.61. The summed E-state index contributed by atoms with van der Waals surface area (Å²) in [4.78, 5) is 0. The lowest BCUT2D eigenvalue weighted by molar-refractivity contribution is 0.352. The average molecular weight is 249 g/mol. The quantitative estimate of drug-likeness (QED) is 0.744. The highest BCUT2D eigenvalue weighted by atomic mass is 35.5. The standard InChI is InChI=1S/C10H10BClF3O/c1-8(6-12)7-16-10-4-2-3-9(5-10)11(13,14)15/h2-6H,7H2,1H3/q-1/b8-6-. The maximum Gasteiger partial charge on any atom is 0.509 e. The Bertz CT molecular complexity index is 390. The predicted molar refractivity (Wildman–Crippen MR) is 60.3 cm³/mol. The minimum atomic E-state index is -4.98. The molecule has 0 aliphatic carbocycles. The van der Waals surface area contributed by atoms with Crippen LogP contribution in [0.4, 0.5) is 12.9 Å². The summed E-state index contributed by atoms with van der Waals surface area (Å²) in [6.45, 7) is -3.08. The molecule has 0 N–H and O–H groups in total. The lowest BCUT2D eigenvalue weighted by Crippen LogP contribution is -2.33. The van der Waals surface area contributed by atoms with Gasteiger partial charge >= 0.3 is 6.98 Å². The van der Waals surface area contributed by atoms with Crippen LogP contribution in [0.15, 0.2) is 35.4 Å². The van der Waals surface area contributed by atoms with Crippen LogP contribution in [0, 0.1) is 0 Å². The smallest absolute Gasteiger partial charge is 0.489 e. The molecular formula is C10H10BClF3O-. The van der Waals surface area contributed by atoms with Crippen molar-refractivity contribution in [3.8, 4) is 5.75 Å². The van der Waals surface area contributed by atoms with Crippen molar-refractivity contribution in [2.45, 2.75) is 6.92 Å². The minimum Gasteiger partial charge on any atom is -0.489 e. The monoisotopic (exact) mass is 249 g/mol. The van der Waals surface area contributed by atoms with Crippen molar-refractivity contribution < 1.29 is 17.7 Å². The molecule has 0 unspecified atom stereocenters. The van der Waals surface area contributed by atoms with E-state index in [4.69, 9.17) is 16.3 Å². The number of hydrogen-bond acceptors (Lipinski definition) is 1. The van der Waals surface area contributed by atoms with Gasteiger partial charge in [-0.15, -0.1) is 5.46 Å². The fraction of sp³-hybridized carbons (Fsp3) is 0.200. The maximum absolute atomic E-state index is 12.4. The topological polar surface area (TPSA) is 9.23 Å². The molecule has 88 valence electrons. The van der Waals surface area contributed by atoms with Crippen LogP contribution in [0.3, 0.4) is 0 Å². The van der Waals surface area contributed by atoms with Crippen molar-refractivity contribution in [3.63, 3.8) is 0 Å². The molecule has 16 heavy (non-hydrogen) atoms. The zero-order valence-electron chi connectivity index (χ0n) is 8.59. The Balaban J connectivity index is 2.76. The summed E-state index contributed by atoms with van der Waals surface area (Å²) in [5.74, 6) is 0.189. The minimum absolute atomic E-state index is 0.178. The Morgan fingerprint density at radius 1 is 1.44 bits per heavy atom. The molecule has 0 aromatic heterocycles. The first-order chi connectivity index (χ1) is 7.43. The lowest BCUT2D eigenvalue weighted by atomic mass is 9.80. The van der Waals surface area contributed by atoms with Gasteiger partial charge in [0, 0.05) is 5.54 Å². The highest BCUT2D eigenvalue weighted by molar-refractivity contribution is 6.73. The molecule has 0 saturated heterocycles. The first-order valence-corrected chi connectivity index (χ1v) is 5.05. The van der Waals surface area contributed by atoms with Crippen molar-refractivity contribution in [1.82, 2.24) is 0 Å². The molecule has 0 spiro atoms. The highest BCUT2D eigenvalue weighted by Crippen LogP contribution is 2.15. The van der Waals surface area contributed by atoms with Gasteiger partial charge in [-0.25, -0.2) is 0 Å². The van der Waals surface area contributed by atoms with Crippen LogP contribution in [0.5, 0.6) is 5.75 Å². The van der Waals surface area contributed by atoms with Gasteiger partial charge in [-0.2, -0.15) is 0 Å². The van der Waals surface area contributed by atoms with Crippen LogP contribution < -0.4 is 10.2 Å². The van der Waals surface area contributed by atoms with Crippen molar-refractivity contribution in [3.05, 3.63) is 35.4 Å². The summed E-state index contributed by atoms with van der Waals surface area (Å²) in [5.41, 5.74) is 1.41. The van der Waals surface area contributed by atoms with E-state index in [1.807, 2.05) is 0 Å². The van der Waals surface area contributed by atoms with E-state index in [0.717, 1.165) is 17.7 Å². The van der Waals surface area contributed by atoms with Gasteiger partial charge in [-0.05, 0) is 24.6 Å². The van der Waals surface area contributed by atoms with Gasteiger partial charge in [0.15, 0.2) is 0 Å².